The molecule has 0 aliphatic rings. The maximum atomic E-state index is 12.3. The summed E-state index contributed by atoms with van der Waals surface area (Å²) in [6.07, 6.45) is -0.327. The van der Waals surface area contributed by atoms with E-state index < -0.39 is 22.0 Å². The Morgan fingerprint density at radius 3 is 2.43 bits per heavy atom. The van der Waals surface area contributed by atoms with Crippen molar-refractivity contribution in [2.45, 2.75) is 37.8 Å². The van der Waals surface area contributed by atoms with Gasteiger partial charge in [-0.3, -0.25) is 0 Å². The second-order valence-corrected chi connectivity index (χ2v) is 6.85. The Morgan fingerprint density at radius 2 is 1.95 bits per heavy atom. The summed E-state index contributed by atoms with van der Waals surface area (Å²) in [7, 11) is -2.39. The van der Waals surface area contributed by atoms with Crippen molar-refractivity contribution in [1.82, 2.24) is 4.72 Å². The van der Waals surface area contributed by atoms with Crippen molar-refractivity contribution in [3.8, 4) is 0 Å². The summed E-state index contributed by atoms with van der Waals surface area (Å²) in [6.45, 7) is 4.94. The van der Waals surface area contributed by atoms with Crippen LogP contribution in [0.3, 0.4) is 0 Å². The third-order valence-electron chi connectivity index (χ3n) is 3.19. The minimum atomic E-state index is -3.86. The third-order valence-corrected chi connectivity index (χ3v) is 5.23. The Morgan fingerprint density at radius 1 is 1.38 bits per heavy atom. The molecule has 0 aliphatic carbocycles. The predicted molar refractivity (Wildman–Crippen MR) is 79.4 cm³/mol. The second-order valence-electron chi connectivity index (χ2n) is 4.76. The number of ether oxygens (including phenoxy) is 1. The van der Waals surface area contributed by atoms with Gasteiger partial charge in [-0.05, 0) is 38.5 Å². The number of sulfonamides is 1. The average molecular weight is 336 g/mol. The number of aromatic carboxylic acids is 1. The number of carboxylic acid groups (broad SMARTS) is 1. The molecule has 0 saturated heterocycles. The first-order chi connectivity index (χ1) is 9.60. The van der Waals surface area contributed by atoms with Crippen LogP contribution < -0.4 is 4.72 Å². The molecule has 0 fully saturated rings. The van der Waals surface area contributed by atoms with E-state index in [1.54, 1.807) is 20.8 Å². The molecular formula is C13H18ClNO5S. The van der Waals surface area contributed by atoms with Gasteiger partial charge in [0.05, 0.1) is 21.6 Å². The fraction of sp³-hybridized carbons (Fsp3) is 0.462. The molecule has 2 N–H and O–H groups in total. The standard InChI is InChI=1S/C13H18ClNO5S/c1-7-5-10(6-11(12(7)14)13(16)17)21(18,19)15-8(2)9(3)20-4/h5-6,8-9,15H,1-4H3,(H,16,17)/t8-,9?/m0/s1. The van der Waals surface area contributed by atoms with Gasteiger partial charge in [-0.1, -0.05) is 11.6 Å². The van der Waals surface area contributed by atoms with E-state index in [9.17, 15) is 13.2 Å². The first kappa shape index (κ1) is 17.9. The summed E-state index contributed by atoms with van der Waals surface area (Å²) in [4.78, 5) is 11.0. The van der Waals surface area contributed by atoms with Crippen LogP contribution in [0.1, 0.15) is 29.8 Å². The third kappa shape index (κ3) is 4.16. The number of rotatable bonds is 6. The number of hydrogen-bond acceptors (Lipinski definition) is 4. The van der Waals surface area contributed by atoms with Crippen LogP contribution >= 0.6 is 11.6 Å². The summed E-state index contributed by atoms with van der Waals surface area (Å²) in [5.41, 5.74) is 0.133. The molecule has 0 aliphatic heterocycles. The van der Waals surface area contributed by atoms with Gasteiger partial charge in [0.2, 0.25) is 10.0 Å². The van der Waals surface area contributed by atoms with Crippen LogP contribution in [0, 0.1) is 6.92 Å². The molecule has 1 unspecified atom stereocenters. The number of benzene rings is 1. The van der Waals surface area contributed by atoms with E-state index in [1.807, 2.05) is 0 Å². The summed E-state index contributed by atoms with van der Waals surface area (Å²) in [5, 5.41) is 9.10. The second kappa shape index (κ2) is 6.74. The molecule has 1 aromatic rings. The van der Waals surface area contributed by atoms with E-state index in [0.29, 0.717) is 5.56 Å². The fourth-order valence-electron chi connectivity index (χ4n) is 1.66. The van der Waals surface area contributed by atoms with Crippen molar-refractivity contribution < 1.29 is 23.1 Å². The van der Waals surface area contributed by atoms with E-state index in [0.717, 1.165) is 6.07 Å². The van der Waals surface area contributed by atoms with Crippen LogP contribution in [0.15, 0.2) is 17.0 Å². The van der Waals surface area contributed by atoms with Crippen molar-refractivity contribution in [2.24, 2.45) is 0 Å². The molecule has 1 rings (SSSR count). The normalized spacial score (nSPS) is 14.7. The van der Waals surface area contributed by atoms with E-state index in [1.165, 1.54) is 13.2 Å². The molecule has 0 amide bonds. The zero-order valence-corrected chi connectivity index (χ0v) is 13.7. The van der Waals surface area contributed by atoms with Gasteiger partial charge in [0.25, 0.3) is 0 Å². The van der Waals surface area contributed by atoms with Crippen molar-refractivity contribution in [3.05, 3.63) is 28.3 Å². The summed E-state index contributed by atoms with van der Waals surface area (Å²) in [5.74, 6) is -1.28. The van der Waals surface area contributed by atoms with Gasteiger partial charge in [-0.15, -0.1) is 0 Å². The maximum absolute atomic E-state index is 12.3. The SMILES string of the molecule is COC(C)[C@H](C)NS(=O)(=O)c1cc(C)c(Cl)c(C(=O)O)c1. The van der Waals surface area contributed by atoms with Crippen LogP contribution in [0.4, 0.5) is 0 Å². The van der Waals surface area contributed by atoms with Gasteiger partial charge in [0, 0.05) is 13.2 Å². The molecule has 0 bridgehead atoms. The number of carbonyl (C=O) groups is 1. The molecule has 0 aromatic heterocycles. The van der Waals surface area contributed by atoms with Gasteiger partial charge in [0.15, 0.2) is 0 Å². The minimum Gasteiger partial charge on any atom is -0.478 e. The van der Waals surface area contributed by atoms with Crippen LogP contribution in [0.5, 0.6) is 0 Å². The molecule has 0 radical (unpaired) electrons. The minimum absolute atomic E-state index is 0.0276. The number of methoxy groups -OCH3 is 1. The predicted octanol–water partition coefficient (Wildman–Crippen LogP) is 2.05. The Hall–Kier alpha value is -1.15. The number of hydrogen-bond donors (Lipinski definition) is 2. The first-order valence-electron chi connectivity index (χ1n) is 6.18. The van der Waals surface area contributed by atoms with Gasteiger partial charge in [-0.2, -0.15) is 0 Å². The zero-order chi connectivity index (χ0) is 16.4. The number of aryl methyl sites for hydroxylation is 1. The van der Waals surface area contributed by atoms with Crippen molar-refractivity contribution >= 4 is 27.6 Å². The fourth-order valence-corrected chi connectivity index (χ4v) is 3.27. The quantitative estimate of drug-likeness (QED) is 0.830. The topological polar surface area (TPSA) is 92.7 Å². The lowest BCUT2D eigenvalue weighted by atomic mass is 10.1. The molecule has 1 aromatic carbocycles. The Kier molecular flexibility index (Phi) is 5.75. The van der Waals surface area contributed by atoms with E-state index in [4.69, 9.17) is 21.4 Å². The molecule has 118 valence electrons. The Balaban J connectivity index is 3.24. The lowest BCUT2D eigenvalue weighted by Crippen LogP contribution is -2.40. The lowest BCUT2D eigenvalue weighted by Gasteiger charge is -2.20. The monoisotopic (exact) mass is 335 g/mol. The molecule has 0 heterocycles. The highest BCUT2D eigenvalue weighted by Crippen LogP contribution is 2.25. The van der Waals surface area contributed by atoms with E-state index in [-0.39, 0.29) is 21.6 Å². The van der Waals surface area contributed by atoms with Crippen molar-refractivity contribution in [2.75, 3.05) is 7.11 Å². The largest absolute Gasteiger partial charge is 0.478 e. The molecule has 6 nitrogen and oxygen atoms in total. The highest BCUT2D eigenvalue weighted by molar-refractivity contribution is 7.89. The molecule has 0 spiro atoms. The van der Waals surface area contributed by atoms with Crippen LogP contribution in [-0.4, -0.2) is 38.7 Å². The smallest absolute Gasteiger partial charge is 0.337 e. The molecule has 2 atom stereocenters. The number of carboxylic acids is 1. The molecule has 8 heteroatoms. The van der Waals surface area contributed by atoms with E-state index >= 15 is 0 Å². The van der Waals surface area contributed by atoms with Crippen molar-refractivity contribution in [3.63, 3.8) is 0 Å². The first-order valence-corrected chi connectivity index (χ1v) is 8.04. The van der Waals surface area contributed by atoms with Crippen molar-refractivity contribution in [1.29, 1.82) is 0 Å². The average Bonchev–Trinajstić information content (AvgIpc) is 2.39. The Labute approximate surface area is 129 Å². The van der Waals surface area contributed by atoms with E-state index in [2.05, 4.69) is 4.72 Å². The maximum Gasteiger partial charge on any atom is 0.337 e. The highest BCUT2D eigenvalue weighted by atomic mass is 35.5. The van der Waals surface area contributed by atoms with Crippen LogP contribution in [-0.2, 0) is 14.8 Å². The highest BCUT2D eigenvalue weighted by Gasteiger charge is 2.24. The van der Waals surface area contributed by atoms with Crippen LogP contribution in [0.25, 0.3) is 0 Å². The van der Waals surface area contributed by atoms with Gasteiger partial charge in [-0.25, -0.2) is 17.9 Å². The molecular weight excluding hydrogens is 318 g/mol. The van der Waals surface area contributed by atoms with Gasteiger partial charge in [0.1, 0.15) is 0 Å². The summed E-state index contributed by atoms with van der Waals surface area (Å²) >= 11 is 5.87. The Bertz CT molecular complexity index is 644. The zero-order valence-electron chi connectivity index (χ0n) is 12.2. The molecule has 0 saturated carbocycles. The number of nitrogens with one attached hydrogen (secondary N) is 1. The molecule has 21 heavy (non-hydrogen) atoms. The lowest BCUT2D eigenvalue weighted by molar-refractivity contribution is 0.0696. The summed E-state index contributed by atoms with van der Waals surface area (Å²) in [6, 6.07) is 1.91. The van der Waals surface area contributed by atoms with Gasteiger partial charge < -0.3 is 9.84 Å². The van der Waals surface area contributed by atoms with Crippen LogP contribution in [0.2, 0.25) is 5.02 Å². The summed E-state index contributed by atoms with van der Waals surface area (Å²) < 4.78 is 32.1. The van der Waals surface area contributed by atoms with Gasteiger partial charge >= 0.3 is 5.97 Å². The number of halogens is 1.